The third-order valence-electron chi connectivity index (χ3n) is 2.35. The molecule has 1 heterocycles. The molecule has 0 aliphatic carbocycles. The summed E-state index contributed by atoms with van der Waals surface area (Å²) in [6, 6.07) is 0. The summed E-state index contributed by atoms with van der Waals surface area (Å²) in [5.74, 6) is 0.652. The highest BCUT2D eigenvalue weighted by Gasteiger charge is 2.27. The zero-order chi connectivity index (χ0) is 14.5. The van der Waals surface area contributed by atoms with Gasteiger partial charge in [0, 0.05) is 20.1 Å². The highest BCUT2D eigenvalue weighted by molar-refractivity contribution is 6.32. The standard InChI is InChI=1S/C11H16ClF3N4/c1-3-5-16-10-17-7-8(12)9(18-10)19(2)6-4-11(13,14)15/h7H,3-6H2,1-2H3,(H,16,17,18). The predicted octanol–water partition coefficient (Wildman–Crippen LogP) is 3.34. The molecule has 4 nitrogen and oxygen atoms in total. The molecule has 0 atom stereocenters. The second kappa shape index (κ2) is 6.79. The number of halogens is 4. The minimum atomic E-state index is -4.20. The Kier molecular flexibility index (Phi) is 5.65. The van der Waals surface area contributed by atoms with Gasteiger partial charge in [0.05, 0.1) is 12.6 Å². The second-order valence-corrected chi connectivity index (χ2v) is 4.49. The SMILES string of the molecule is CCCNc1ncc(Cl)c(N(C)CCC(F)(F)F)n1. The fraction of sp³-hybridized carbons (Fsp3) is 0.636. The smallest absolute Gasteiger partial charge is 0.358 e. The average molecular weight is 297 g/mol. The monoisotopic (exact) mass is 296 g/mol. The van der Waals surface area contributed by atoms with Crippen molar-refractivity contribution in [1.82, 2.24) is 9.97 Å². The van der Waals surface area contributed by atoms with Gasteiger partial charge < -0.3 is 10.2 Å². The summed E-state index contributed by atoms with van der Waals surface area (Å²) >= 11 is 5.90. The van der Waals surface area contributed by atoms with Crippen LogP contribution in [-0.4, -0.2) is 36.3 Å². The maximum Gasteiger partial charge on any atom is 0.390 e. The van der Waals surface area contributed by atoms with Crippen LogP contribution in [0.4, 0.5) is 24.9 Å². The van der Waals surface area contributed by atoms with E-state index < -0.39 is 12.6 Å². The lowest BCUT2D eigenvalue weighted by Gasteiger charge is -2.20. The van der Waals surface area contributed by atoms with Gasteiger partial charge in [0.1, 0.15) is 5.02 Å². The van der Waals surface area contributed by atoms with Gasteiger partial charge in [0.2, 0.25) is 5.95 Å². The highest BCUT2D eigenvalue weighted by Crippen LogP contribution is 2.25. The molecule has 0 spiro atoms. The molecule has 8 heteroatoms. The summed E-state index contributed by atoms with van der Waals surface area (Å²) < 4.78 is 36.5. The molecule has 19 heavy (non-hydrogen) atoms. The van der Waals surface area contributed by atoms with Crippen molar-refractivity contribution in [3.05, 3.63) is 11.2 Å². The van der Waals surface area contributed by atoms with Crippen molar-refractivity contribution in [1.29, 1.82) is 0 Å². The Morgan fingerprint density at radius 1 is 1.42 bits per heavy atom. The molecule has 0 radical (unpaired) electrons. The van der Waals surface area contributed by atoms with E-state index in [9.17, 15) is 13.2 Å². The Morgan fingerprint density at radius 3 is 2.68 bits per heavy atom. The van der Waals surface area contributed by atoms with Crippen LogP contribution >= 0.6 is 11.6 Å². The molecule has 0 unspecified atom stereocenters. The minimum Gasteiger partial charge on any atom is -0.358 e. The minimum absolute atomic E-state index is 0.201. The number of hydrogen-bond acceptors (Lipinski definition) is 4. The maximum absolute atomic E-state index is 12.2. The van der Waals surface area contributed by atoms with E-state index in [2.05, 4.69) is 15.3 Å². The van der Waals surface area contributed by atoms with E-state index in [1.54, 1.807) is 0 Å². The summed E-state index contributed by atoms with van der Waals surface area (Å²) in [7, 11) is 1.52. The molecule has 1 N–H and O–H groups in total. The first-order valence-electron chi connectivity index (χ1n) is 5.87. The topological polar surface area (TPSA) is 41.1 Å². The van der Waals surface area contributed by atoms with Crippen molar-refractivity contribution in [3.63, 3.8) is 0 Å². The number of nitrogens with zero attached hydrogens (tertiary/aromatic N) is 3. The Bertz CT molecular complexity index is 411. The third-order valence-corrected chi connectivity index (χ3v) is 2.62. The van der Waals surface area contributed by atoms with Gasteiger partial charge in [-0.2, -0.15) is 18.2 Å². The Hall–Kier alpha value is -1.24. The van der Waals surface area contributed by atoms with Crippen LogP contribution < -0.4 is 10.2 Å². The molecule has 0 saturated heterocycles. The van der Waals surface area contributed by atoms with E-state index in [0.29, 0.717) is 18.3 Å². The summed E-state index contributed by atoms with van der Waals surface area (Å²) in [4.78, 5) is 9.45. The van der Waals surface area contributed by atoms with Crippen LogP contribution in [-0.2, 0) is 0 Å². The van der Waals surface area contributed by atoms with E-state index in [1.807, 2.05) is 6.92 Å². The van der Waals surface area contributed by atoms with E-state index in [4.69, 9.17) is 11.6 Å². The van der Waals surface area contributed by atoms with Gasteiger partial charge in [-0.15, -0.1) is 0 Å². The van der Waals surface area contributed by atoms with Crippen LogP contribution in [0.5, 0.6) is 0 Å². The van der Waals surface area contributed by atoms with Crippen LogP contribution in [0, 0.1) is 0 Å². The fourth-order valence-electron chi connectivity index (χ4n) is 1.35. The van der Waals surface area contributed by atoms with E-state index >= 15 is 0 Å². The number of nitrogens with one attached hydrogen (secondary N) is 1. The molecular weight excluding hydrogens is 281 g/mol. The van der Waals surface area contributed by atoms with E-state index in [-0.39, 0.29) is 11.6 Å². The third kappa shape index (κ3) is 5.50. The Labute approximate surface area is 115 Å². The maximum atomic E-state index is 12.2. The average Bonchev–Trinajstić information content (AvgIpc) is 2.34. The van der Waals surface area contributed by atoms with Crippen LogP contribution in [0.25, 0.3) is 0 Å². The van der Waals surface area contributed by atoms with Crippen molar-refractivity contribution in [2.75, 3.05) is 30.4 Å². The van der Waals surface area contributed by atoms with Crippen LogP contribution in [0.1, 0.15) is 19.8 Å². The van der Waals surface area contributed by atoms with Crippen LogP contribution in [0.2, 0.25) is 5.02 Å². The van der Waals surface area contributed by atoms with Gasteiger partial charge in [-0.05, 0) is 6.42 Å². The first kappa shape index (κ1) is 15.8. The van der Waals surface area contributed by atoms with Gasteiger partial charge in [0.15, 0.2) is 5.82 Å². The first-order valence-corrected chi connectivity index (χ1v) is 6.25. The molecule has 0 saturated carbocycles. The highest BCUT2D eigenvalue weighted by atomic mass is 35.5. The molecule has 0 amide bonds. The zero-order valence-corrected chi connectivity index (χ0v) is 11.5. The lowest BCUT2D eigenvalue weighted by molar-refractivity contribution is -0.132. The number of anilines is 2. The second-order valence-electron chi connectivity index (χ2n) is 4.08. The fourth-order valence-corrected chi connectivity index (χ4v) is 1.58. The molecule has 1 rings (SSSR count). The van der Waals surface area contributed by atoms with Crippen molar-refractivity contribution < 1.29 is 13.2 Å². The van der Waals surface area contributed by atoms with Crippen LogP contribution in [0.3, 0.4) is 0 Å². The lowest BCUT2D eigenvalue weighted by Crippen LogP contribution is -2.25. The van der Waals surface area contributed by atoms with Gasteiger partial charge in [-0.1, -0.05) is 18.5 Å². The number of alkyl halides is 3. The molecule has 1 aromatic rings. The molecule has 0 aromatic carbocycles. The van der Waals surface area contributed by atoms with Crippen LogP contribution in [0.15, 0.2) is 6.20 Å². The largest absolute Gasteiger partial charge is 0.390 e. The summed E-state index contributed by atoms with van der Waals surface area (Å²) in [5, 5.41) is 3.19. The Balaban J connectivity index is 2.74. The Morgan fingerprint density at radius 2 is 2.11 bits per heavy atom. The number of aromatic nitrogens is 2. The summed E-state index contributed by atoms with van der Waals surface area (Å²) in [5.41, 5.74) is 0. The van der Waals surface area contributed by atoms with Gasteiger partial charge in [-0.3, -0.25) is 0 Å². The van der Waals surface area contributed by atoms with Crippen molar-refractivity contribution in [2.45, 2.75) is 25.9 Å². The van der Waals surface area contributed by atoms with Gasteiger partial charge in [0.25, 0.3) is 0 Å². The molecule has 0 fully saturated rings. The zero-order valence-electron chi connectivity index (χ0n) is 10.8. The van der Waals surface area contributed by atoms with E-state index in [0.717, 1.165) is 6.42 Å². The summed E-state index contributed by atoms with van der Waals surface area (Å²) in [6.45, 7) is 2.47. The first-order chi connectivity index (χ1) is 8.83. The molecule has 0 aliphatic rings. The quantitative estimate of drug-likeness (QED) is 0.874. The van der Waals surface area contributed by atoms with Gasteiger partial charge >= 0.3 is 6.18 Å². The normalized spacial score (nSPS) is 11.5. The van der Waals surface area contributed by atoms with Crippen molar-refractivity contribution >= 4 is 23.4 Å². The number of hydrogen-bond donors (Lipinski definition) is 1. The van der Waals surface area contributed by atoms with Crippen molar-refractivity contribution in [2.24, 2.45) is 0 Å². The summed E-state index contributed by atoms with van der Waals surface area (Å²) in [6.07, 6.45) is -2.84. The van der Waals surface area contributed by atoms with E-state index in [1.165, 1.54) is 18.1 Å². The molecule has 0 aliphatic heterocycles. The molecule has 1 aromatic heterocycles. The molecule has 108 valence electrons. The molecule has 0 bridgehead atoms. The number of rotatable bonds is 6. The predicted molar refractivity (Wildman–Crippen MR) is 69.8 cm³/mol. The van der Waals surface area contributed by atoms with Gasteiger partial charge in [-0.25, -0.2) is 4.98 Å². The van der Waals surface area contributed by atoms with Crippen molar-refractivity contribution in [3.8, 4) is 0 Å². The molecular formula is C11H16ClF3N4. The lowest BCUT2D eigenvalue weighted by atomic mass is 10.4.